The lowest BCUT2D eigenvalue weighted by atomic mass is 9.67. The normalized spacial score (nSPS) is 21.4. The molecule has 1 aliphatic carbocycles. The van der Waals surface area contributed by atoms with E-state index in [0.29, 0.717) is 29.3 Å². The van der Waals surface area contributed by atoms with E-state index in [2.05, 4.69) is 5.32 Å². The Morgan fingerprint density at radius 2 is 1.89 bits per heavy atom. The number of nitrogens with zero attached hydrogens (tertiary/aromatic N) is 1. The number of likely N-dealkylation sites (N-methyl/N-ethyl adjacent to an activating group) is 1. The number of Topliss-reactive ketones (excluding diaryl/α,β-unsaturated/α-hetero) is 1. The number of benzene rings is 1. The van der Waals surface area contributed by atoms with Gasteiger partial charge in [-0.3, -0.25) is 9.59 Å². The first-order valence-electron chi connectivity index (χ1n) is 10.0. The molecule has 1 aliphatic heterocycles. The number of carbonyl (C=O) groups is 2. The highest BCUT2D eigenvalue weighted by Gasteiger charge is 2.45. The Balaban J connectivity index is 2.23. The Morgan fingerprint density at radius 3 is 2.50 bits per heavy atom. The summed E-state index contributed by atoms with van der Waals surface area (Å²) in [6, 6.07) is 7.54. The monoisotopic (exact) mass is 400 g/mol. The van der Waals surface area contributed by atoms with Gasteiger partial charge < -0.3 is 10.2 Å². The van der Waals surface area contributed by atoms with E-state index in [9.17, 15) is 9.59 Å². The molecule has 1 atom stereocenters. The fourth-order valence-electron chi connectivity index (χ4n) is 4.26. The summed E-state index contributed by atoms with van der Waals surface area (Å²) >= 11 is 6.57. The molecule has 3 rings (SSSR count). The summed E-state index contributed by atoms with van der Waals surface area (Å²) in [5.41, 5.74) is 3.44. The lowest BCUT2D eigenvalue weighted by molar-refractivity contribution is -0.127. The number of halogens is 1. The van der Waals surface area contributed by atoms with Crippen LogP contribution in [0, 0.1) is 5.41 Å². The maximum Gasteiger partial charge on any atom is 0.252 e. The number of ketones is 1. The van der Waals surface area contributed by atoms with Crippen LogP contribution >= 0.6 is 11.6 Å². The fraction of sp³-hybridized carbons (Fsp3) is 0.478. The van der Waals surface area contributed by atoms with Crippen LogP contribution in [0.4, 0.5) is 0 Å². The van der Waals surface area contributed by atoms with Gasteiger partial charge in [0.05, 0.1) is 0 Å². The van der Waals surface area contributed by atoms with E-state index in [0.717, 1.165) is 29.8 Å². The number of carbonyl (C=O) groups excluding carboxylic acids is 2. The average Bonchev–Trinajstić information content (AvgIpc) is 2.65. The number of dihydropyridines is 1. The van der Waals surface area contributed by atoms with Gasteiger partial charge in [-0.15, -0.1) is 0 Å². The Labute approximate surface area is 172 Å². The van der Waals surface area contributed by atoms with Crippen molar-refractivity contribution in [1.82, 2.24) is 10.2 Å². The number of allylic oxidation sites excluding steroid dienone is 3. The number of hydrogen-bond acceptors (Lipinski definition) is 3. The van der Waals surface area contributed by atoms with Crippen molar-refractivity contribution in [3.8, 4) is 0 Å². The largest absolute Gasteiger partial charge is 0.362 e. The highest BCUT2D eigenvalue weighted by Crippen LogP contribution is 2.48. The van der Waals surface area contributed by atoms with Gasteiger partial charge in [0.25, 0.3) is 5.91 Å². The zero-order valence-corrected chi connectivity index (χ0v) is 18.1. The molecular formula is C23H29ClN2O2. The Bertz CT molecular complexity index is 878. The predicted octanol–water partition coefficient (Wildman–Crippen LogP) is 4.81. The van der Waals surface area contributed by atoms with E-state index >= 15 is 0 Å². The van der Waals surface area contributed by atoms with Crippen molar-refractivity contribution in [1.29, 1.82) is 0 Å². The smallest absolute Gasteiger partial charge is 0.252 e. The zero-order valence-electron chi connectivity index (χ0n) is 17.4. The minimum atomic E-state index is -0.450. The molecule has 1 heterocycles. The second-order valence-corrected chi connectivity index (χ2v) is 8.61. The maximum absolute atomic E-state index is 13.5. The van der Waals surface area contributed by atoms with E-state index in [-0.39, 0.29) is 11.7 Å². The molecule has 0 saturated carbocycles. The molecule has 2 aliphatic rings. The third-order valence-corrected chi connectivity index (χ3v) is 6.35. The fourth-order valence-corrected chi connectivity index (χ4v) is 4.51. The standard InChI is InChI=1S/C23H29ClN2O2/c1-6-26(7-2)22(28)18-14(3)25-17-12-13-23(4,5)21(27)20(17)19(18)15-10-8-9-11-16(15)24/h8-11,19,25H,6-7,12-13H2,1-5H3. The first-order chi connectivity index (χ1) is 13.2. The summed E-state index contributed by atoms with van der Waals surface area (Å²) in [4.78, 5) is 28.7. The van der Waals surface area contributed by atoms with Gasteiger partial charge in [0.2, 0.25) is 0 Å². The number of nitrogens with one attached hydrogen (secondary N) is 1. The summed E-state index contributed by atoms with van der Waals surface area (Å²) < 4.78 is 0. The van der Waals surface area contributed by atoms with Crippen LogP contribution in [0.15, 0.2) is 46.8 Å². The van der Waals surface area contributed by atoms with Gasteiger partial charge in [-0.2, -0.15) is 0 Å². The molecule has 0 saturated heterocycles. The summed E-state index contributed by atoms with van der Waals surface area (Å²) in [6.45, 7) is 11.1. The molecular weight excluding hydrogens is 372 g/mol. The highest BCUT2D eigenvalue weighted by atomic mass is 35.5. The first-order valence-corrected chi connectivity index (χ1v) is 10.4. The van der Waals surface area contributed by atoms with E-state index in [1.54, 1.807) is 4.90 Å². The molecule has 0 aromatic heterocycles. The van der Waals surface area contributed by atoms with Crippen LogP contribution in [0.5, 0.6) is 0 Å². The molecule has 5 heteroatoms. The van der Waals surface area contributed by atoms with Gasteiger partial charge in [0.15, 0.2) is 5.78 Å². The van der Waals surface area contributed by atoms with E-state index in [1.807, 2.05) is 58.9 Å². The Morgan fingerprint density at radius 1 is 1.25 bits per heavy atom. The third-order valence-electron chi connectivity index (χ3n) is 6.00. The lowest BCUT2D eigenvalue weighted by Crippen LogP contribution is -2.43. The van der Waals surface area contributed by atoms with Crippen LogP contribution in [0.1, 0.15) is 58.9 Å². The lowest BCUT2D eigenvalue weighted by Gasteiger charge is -2.40. The first kappa shape index (κ1) is 20.7. The Kier molecular flexibility index (Phi) is 5.72. The summed E-state index contributed by atoms with van der Waals surface area (Å²) in [7, 11) is 0. The second kappa shape index (κ2) is 7.75. The number of hydrogen-bond donors (Lipinski definition) is 1. The molecule has 0 radical (unpaired) electrons. The second-order valence-electron chi connectivity index (χ2n) is 8.20. The van der Waals surface area contributed by atoms with Crippen LogP contribution in [0.3, 0.4) is 0 Å². The predicted molar refractivity (Wildman–Crippen MR) is 113 cm³/mol. The Hall–Kier alpha value is -2.07. The van der Waals surface area contributed by atoms with E-state index in [1.165, 1.54) is 0 Å². The minimum absolute atomic E-state index is 0.0392. The molecule has 1 aromatic carbocycles. The van der Waals surface area contributed by atoms with Gasteiger partial charge in [-0.25, -0.2) is 0 Å². The molecule has 0 fully saturated rings. The zero-order chi connectivity index (χ0) is 20.6. The molecule has 28 heavy (non-hydrogen) atoms. The minimum Gasteiger partial charge on any atom is -0.362 e. The molecule has 1 unspecified atom stereocenters. The van der Waals surface area contributed by atoms with Gasteiger partial charge in [-0.05, 0) is 45.2 Å². The molecule has 0 spiro atoms. The van der Waals surface area contributed by atoms with Crippen molar-refractivity contribution < 1.29 is 9.59 Å². The van der Waals surface area contributed by atoms with Crippen LogP contribution in [-0.4, -0.2) is 29.7 Å². The molecule has 0 bridgehead atoms. The van der Waals surface area contributed by atoms with Crippen molar-refractivity contribution in [2.24, 2.45) is 5.41 Å². The van der Waals surface area contributed by atoms with Crippen molar-refractivity contribution in [2.75, 3.05) is 13.1 Å². The summed E-state index contributed by atoms with van der Waals surface area (Å²) in [5.74, 6) is -0.378. The number of amides is 1. The third kappa shape index (κ3) is 3.39. The molecule has 1 amide bonds. The molecule has 1 N–H and O–H groups in total. The van der Waals surface area contributed by atoms with Crippen molar-refractivity contribution in [2.45, 2.75) is 53.4 Å². The average molecular weight is 401 g/mol. The van der Waals surface area contributed by atoms with E-state index < -0.39 is 11.3 Å². The molecule has 150 valence electrons. The van der Waals surface area contributed by atoms with Crippen LogP contribution in [-0.2, 0) is 9.59 Å². The highest BCUT2D eigenvalue weighted by molar-refractivity contribution is 6.31. The van der Waals surface area contributed by atoms with Gasteiger partial charge >= 0.3 is 0 Å². The maximum atomic E-state index is 13.5. The summed E-state index contributed by atoms with van der Waals surface area (Å²) in [6.07, 6.45) is 1.58. The van der Waals surface area contributed by atoms with Crippen molar-refractivity contribution >= 4 is 23.3 Å². The quantitative estimate of drug-likeness (QED) is 0.788. The topological polar surface area (TPSA) is 49.4 Å². The van der Waals surface area contributed by atoms with E-state index in [4.69, 9.17) is 11.6 Å². The van der Waals surface area contributed by atoms with Crippen LogP contribution in [0.25, 0.3) is 0 Å². The van der Waals surface area contributed by atoms with Crippen molar-refractivity contribution in [3.63, 3.8) is 0 Å². The van der Waals surface area contributed by atoms with Gasteiger partial charge in [0.1, 0.15) is 0 Å². The van der Waals surface area contributed by atoms with Crippen LogP contribution < -0.4 is 5.32 Å². The van der Waals surface area contributed by atoms with Crippen LogP contribution in [0.2, 0.25) is 5.02 Å². The molecule has 4 nitrogen and oxygen atoms in total. The summed E-state index contributed by atoms with van der Waals surface area (Å²) in [5, 5.41) is 3.97. The van der Waals surface area contributed by atoms with Crippen molar-refractivity contribution in [3.05, 3.63) is 57.4 Å². The SMILES string of the molecule is CCN(CC)C(=O)C1=C(C)NC2=C(C(=O)C(C)(C)CC2)C1c1ccccc1Cl. The van der Waals surface area contributed by atoms with Gasteiger partial charge in [-0.1, -0.05) is 43.6 Å². The van der Waals surface area contributed by atoms with Gasteiger partial charge in [0, 0.05) is 52.0 Å². The number of rotatable bonds is 4. The molecule has 1 aromatic rings.